The lowest BCUT2D eigenvalue weighted by Gasteiger charge is -2.32. The number of nitriles is 1. The lowest BCUT2D eigenvalue weighted by molar-refractivity contribution is 0.281. The van der Waals surface area contributed by atoms with Gasteiger partial charge in [-0.2, -0.15) is 5.26 Å². The highest BCUT2D eigenvalue weighted by Crippen LogP contribution is 2.31. The fourth-order valence-corrected chi connectivity index (χ4v) is 3.22. The molecule has 0 spiro atoms. The molecule has 0 bridgehead atoms. The Morgan fingerprint density at radius 1 is 1.22 bits per heavy atom. The number of halogens is 1. The molecule has 2 nitrogen and oxygen atoms in total. The Hall–Kier alpha value is -1.20. The van der Waals surface area contributed by atoms with Gasteiger partial charge in [-0.15, -0.1) is 0 Å². The Balaban J connectivity index is 2.05. The number of benzene rings is 1. The zero-order chi connectivity index (χ0) is 13.1. The highest BCUT2D eigenvalue weighted by atomic mass is 35.5. The number of anilines is 1. The van der Waals surface area contributed by atoms with E-state index in [1.54, 1.807) is 6.07 Å². The van der Waals surface area contributed by atoms with E-state index in [2.05, 4.69) is 25.2 Å². The number of hydrogen-bond acceptors (Lipinski definition) is 2. The third-order valence-corrected chi connectivity index (χ3v) is 3.95. The van der Waals surface area contributed by atoms with Gasteiger partial charge in [0.25, 0.3) is 0 Å². The lowest BCUT2D eigenvalue weighted by Crippen LogP contribution is -2.30. The summed E-state index contributed by atoms with van der Waals surface area (Å²) in [5, 5.41) is 12.9. The third-order valence-electron chi connectivity index (χ3n) is 3.64. The van der Waals surface area contributed by atoms with Crippen molar-refractivity contribution in [2.24, 2.45) is 11.8 Å². The van der Waals surface area contributed by atoms with Crippen LogP contribution in [-0.4, -0.2) is 6.04 Å². The van der Waals surface area contributed by atoms with Gasteiger partial charge in [-0.05, 0) is 49.3 Å². The minimum atomic E-state index is 0.521. The van der Waals surface area contributed by atoms with Crippen LogP contribution < -0.4 is 5.32 Å². The monoisotopic (exact) mass is 262 g/mol. The van der Waals surface area contributed by atoms with Gasteiger partial charge in [0, 0.05) is 11.7 Å². The van der Waals surface area contributed by atoms with Crippen molar-refractivity contribution in [3.63, 3.8) is 0 Å². The topological polar surface area (TPSA) is 35.8 Å². The maximum absolute atomic E-state index is 8.85. The summed E-state index contributed by atoms with van der Waals surface area (Å²) in [6.07, 6.45) is 3.75. The summed E-state index contributed by atoms with van der Waals surface area (Å²) in [5.74, 6) is 1.56. The average molecular weight is 263 g/mol. The fourth-order valence-electron chi connectivity index (χ4n) is 3.00. The molecule has 2 atom stereocenters. The van der Waals surface area contributed by atoms with Crippen molar-refractivity contribution in [2.45, 2.75) is 39.2 Å². The van der Waals surface area contributed by atoms with Crippen LogP contribution in [-0.2, 0) is 0 Å². The molecule has 1 fully saturated rings. The van der Waals surface area contributed by atoms with Crippen LogP contribution in [0.15, 0.2) is 18.2 Å². The third kappa shape index (κ3) is 3.17. The molecule has 2 unspecified atom stereocenters. The first-order chi connectivity index (χ1) is 8.58. The molecule has 3 heteroatoms. The normalized spacial score (nSPS) is 27.6. The zero-order valence-electron chi connectivity index (χ0n) is 10.9. The highest BCUT2D eigenvalue weighted by molar-refractivity contribution is 6.32. The van der Waals surface area contributed by atoms with Gasteiger partial charge in [0.1, 0.15) is 6.07 Å². The standard InChI is InChI=1S/C15H19ClN2/c1-10-5-11(2)7-14(6-10)18-13-4-3-12(9-17)15(16)8-13/h3-4,8,10-11,14,18H,5-7H2,1-2H3. The van der Waals surface area contributed by atoms with E-state index in [9.17, 15) is 0 Å². The molecule has 1 aliphatic rings. The minimum absolute atomic E-state index is 0.521. The fraction of sp³-hybridized carbons (Fsp3) is 0.533. The second kappa shape index (κ2) is 5.63. The van der Waals surface area contributed by atoms with E-state index in [1.165, 1.54) is 19.3 Å². The van der Waals surface area contributed by atoms with Crippen molar-refractivity contribution in [2.75, 3.05) is 5.32 Å². The van der Waals surface area contributed by atoms with Crippen molar-refractivity contribution >= 4 is 17.3 Å². The summed E-state index contributed by atoms with van der Waals surface area (Å²) in [4.78, 5) is 0. The summed E-state index contributed by atoms with van der Waals surface area (Å²) < 4.78 is 0. The first kappa shape index (κ1) is 13.2. The predicted molar refractivity (Wildman–Crippen MR) is 75.8 cm³/mol. The van der Waals surface area contributed by atoms with Crippen LogP contribution in [0.5, 0.6) is 0 Å². The first-order valence-electron chi connectivity index (χ1n) is 6.54. The molecule has 0 amide bonds. The minimum Gasteiger partial charge on any atom is -0.382 e. The van der Waals surface area contributed by atoms with Gasteiger partial charge in [-0.3, -0.25) is 0 Å². The zero-order valence-corrected chi connectivity index (χ0v) is 11.7. The van der Waals surface area contributed by atoms with Gasteiger partial charge in [-0.1, -0.05) is 25.4 Å². The molecule has 1 aliphatic carbocycles. The highest BCUT2D eigenvalue weighted by Gasteiger charge is 2.23. The van der Waals surface area contributed by atoms with Crippen LogP contribution in [0.3, 0.4) is 0 Å². The van der Waals surface area contributed by atoms with Crippen LogP contribution in [0, 0.1) is 23.2 Å². The summed E-state index contributed by atoms with van der Waals surface area (Å²) in [7, 11) is 0. The quantitative estimate of drug-likeness (QED) is 0.855. The van der Waals surface area contributed by atoms with Crippen LogP contribution in [0.4, 0.5) is 5.69 Å². The van der Waals surface area contributed by atoms with E-state index < -0.39 is 0 Å². The van der Waals surface area contributed by atoms with Crippen LogP contribution in [0.25, 0.3) is 0 Å². The van der Waals surface area contributed by atoms with E-state index in [1.807, 2.05) is 12.1 Å². The van der Waals surface area contributed by atoms with Crippen molar-refractivity contribution in [1.82, 2.24) is 0 Å². The Kier molecular flexibility index (Phi) is 4.14. The largest absolute Gasteiger partial charge is 0.382 e. The van der Waals surface area contributed by atoms with E-state index in [0.29, 0.717) is 16.6 Å². The molecule has 18 heavy (non-hydrogen) atoms. The van der Waals surface area contributed by atoms with Gasteiger partial charge >= 0.3 is 0 Å². The van der Waals surface area contributed by atoms with Crippen molar-refractivity contribution in [1.29, 1.82) is 5.26 Å². The summed E-state index contributed by atoms with van der Waals surface area (Å²) in [6.45, 7) is 4.63. The Bertz CT molecular complexity index is 454. The maximum atomic E-state index is 8.85. The van der Waals surface area contributed by atoms with Crippen molar-refractivity contribution < 1.29 is 0 Å². The predicted octanol–water partition coefficient (Wildman–Crippen LogP) is 4.45. The van der Waals surface area contributed by atoms with Gasteiger partial charge in [0.15, 0.2) is 0 Å². The van der Waals surface area contributed by atoms with Gasteiger partial charge in [-0.25, -0.2) is 0 Å². The number of nitrogens with zero attached hydrogens (tertiary/aromatic N) is 1. The SMILES string of the molecule is CC1CC(C)CC(Nc2ccc(C#N)c(Cl)c2)C1. The molecular weight excluding hydrogens is 244 g/mol. The molecule has 0 heterocycles. The van der Waals surface area contributed by atoms with Crippen molar-refractivity contribution in [3.8, 4) is 6.07 Å². The smallest absolute Gasteiger partial charge is 0.101 e. The van der Waals surface area contributed by atoms with Gasteiger partial charge in [0.2, 0.25) is 0 Å². The Morgan fingerprint density at radius 2 is 1.89 bits per heavy atom. The second-order valence-electron chi connectivity index (χ2n) is 5.57. The Morgan fingerprint density at radius 3 is 2.44 bits per heavy atom. The molecule has 1 N–H and O–H groups in total. The molecule has 0 radical (unpaired) electrons. The number of rotatable bonds is 2. The molecule has 0 saturated heterocycles. The molecule has 0 aliphatic heterocycles. The maximum Gasteiger partial charge on any atom is 0.101 e. The van der Waals surface area contributed by atoms with Crippen LogP contribution in [0.1, 0.15) is 38.7 Å². The summed E-state index contributed by atoms with van der Waals surface area (Å²) in [6, 6.07) is 8.17. The number of nitrogens with one attached hydrogen (secondary N) is 1. The molecule has 0 aromatic heterocycles. The van der Waals surface area contributed by atoms with E-state index in [0.717, 1.165) is 17.5 Å². The molecule has 96 valence electrons. The summed E-state index contributed by atoms with van der Waals surface area (Å²) >= 11 is 6.04. The molecular formula is C15H19ClN2. The molecule has 1 aromatic carbocycles. The first-order valence-corrected chi connectivity index (χ1v) is 6.92. The van der Waals surface area contributed by atoms with Crippen LogP contribution >= 0.6 is 11.6 Å². The second-order valence-corrected chi connectivity index (χ2v) is 5.97. The molecule has 1 saturated carbocycles. The van der Waals surface area contributed by atoms with Gasteiger partial charge in [0.05, 0.1) is 10.6 Å². The van der Waals surface area contributed by atoms with Crippen molar-refractivity contribution in [3.05, 3.63) is 28.8 Å². The lowest BCUT2D eigenvalue weighted by atomic mass is 9.80. The average Bonchev–Trinajstić information content (AvgIpc) is 2.27. The summed E-state index contributed by atoms with van der Waals surface area (Å²) in [5.41, 5.74) is 1.55. The van der Waals surface area contributed by atoms with Crippen LogP contribution in [0.2, 0.25) is 5.02 Å². The van der Waals surface area contributed by atoms with E-state index >= 15 is 0 Å². The molecule has 1 aromatic rings. The van der Waals surface area contributed by atoms with Gasteiger partial charge < -0.3 is 5.32 Å². The number of hydrogen-bond donors (Lipinski definition) is 1. The molecule has 2 rings (SSSR count). The van der Waals surface area contributed by atoms with E-state index in [-0.39, 0.29) is 0 Å². The van der Waals surface area contributed by atoms with E-state index in [4.69, 9.17) is 16.9 Å². The Labute approximate surface area is 114 Å².